The third-order valence-corrected chi connectivity index (χ3v) is 6.58. The maximum atomic E-state index is 9.80. The Morgan fingerprint density at radius 1 is 0.971 bits per heavy atom. The monoisotopic (exact) mass is 460 g/mol. The molecule has 2 N–H and O–H groups in total. The van der Waals surface area contributed by atoms with E-state index < -0.39 is 0 Å². The zero-order valence-corrected chi connectivity index (χ0v) is 20.5. The van der Waals surface area contributed by atoms with E-state index in [1.807, 2.05) is 20.2 Å². The lowest BCUT2D eigenvalue weighted by molar-refractivity contribution is 0.261. The molecule has 5 nitrogen and oxygen atoms in total. The van der Waals surface area contributed by atoms with Gasteiger partial charge in [0.25, 0.3) is 0 Å². The standard InChI is InChI=1S/C29H36N2O3/c1-31(2)16-17-34-26-10-4-21(5-11-26)14-15-30-29-20-27(33-3)12-13-28(29)24-7-6-23-19-25(32)9-8-22(23)18-24/h4-5,8-13,19-20,24,30,32H,6-7,14-18H2,1-3H3. The molecule has 1 unspecified atom stereocenters. The van der Waals surface area contributed by atoms with Crippen LogP contribution in [0.5, 0.6) is 17.2 Å². The van der Waals surface area contributed by atoms with E-state index in [0.29, 0.717) is 18.3 Å². The van der Waals surface area contributed by atoms with Gasteiger partial charge in [-0.2, -0.15) is 0 Å². The predicted octanol–water partition coefficient (Wildman–Crippen LogP) is 5.27. The molecule has 5 heteroatoms. The Hall–Kier alpha value is -3.18. The fraction of sp³-hybridized carbons (Fsp3) is 0.379. The number of rotatable bonds is 10. The van der Waals surface area contributed by atoms with Crippen LogP contribution in [-0.4, -0.2) is 50.9 Å². The van der Waals surface area contributed by atoms with Crippen molar-refractivity contribution in [2.45, 2.75) is 31.6 Å². The molecule has 0 bridgehead atoms. The molecule has 0 radical (unpaired) electrons. The first-order valence-electron chi connectivity index (χ1n) is 12.1. The van der Waals surface area contributed by atoms with Crippen molar-refractivity contribution in [3.8, 4) is 17.2 Å². The second-order valence-corrected chi connectivity index (χ2v) is 9.32. The van der Waals surface area contributed by atoms with Crippen LogP contribution in [0.4, 0.5) is 5.69 Å². The summed E-state index contributed by atoms with van der Waals surface area (Å²) in [7, 11) is 5.81. The Bertz CT molecular complexity index is 1080. The number of aryl methyl sites for hydroxylation is 1. The van der Waals surface area contributed by atoms with E-state index in [9.17, 15) is 5.11 Å². The van der Waals surface area contributed by atoms with Gasteiger partial charge in [-0.1, -0.05) is 24.3 Å². The number of aromatic hydroxyl groups is 1. The summed E-state index contributed by atoms with van der Waals surface area (Å²) in [5.74, 6) is 2.59. The lowest BCUT2D eigenvalue weighted by Gasteiger charge is -2.27. The van der Waals surface area contributed by atoms with Gasteiger partial charge in [0.05, 0.1) is 7.11 Å². The molecular formula is C29H36N2O3. The number of ether oxygens (including phenoxy) is 2. The number of anilines is 1. The highest BCUT2D eigenvalue weighted by Crippen LogP contribution is 2.38. The summed E-state index contributed by atoms with van der Waals surface area (Å²) >= 11 is 0. The maximum absolute atomic E-state index is 9.80. The highest BCUT2D eigenvalue weighted by atomic mass is 16.5. The van der Waals surface area contributed by atoms with Gasteiger partial charge in [-0.25, -0.2) is 0 Å². The number of phenols is 1. The van der Waals surface area contributed by atoms with Gasteiger partial charge in [0.1, 0.15) is 23.9 Å². The average molecular weight is 461 g/mol. The van der Waals surface area contributed by atoms with Crippen molar-refractivity contribution in [3.05, 3.63) is 82.9 Å². The highest BCUT2D eigenvalue weighted by molar-refractivity contribution is 5.57. The van der Waals surface area contributed by atoms with E-state index in [1.54, 1.807) is 13.2 Å². The number of fused-ring (bicyclic) bond motifs is 1. The Kier molecular flexibility index (Phi) is 7.96. The van der Waals surface area contributed by atoms with Crippen LogP contribution in [0.1, 0.15) is 34.6 Å². The number of hydrogen-bond donors (Lipinski definition) is 2. The molecule has 0 aliphatic heterocycles. The number of methoxy groups -OCH3 is 1. The number of benzene rings is 3. The summed E-state index contributed by atoms with van der Waals surface area (Å²) in [5, 5.41) is 13.5. The summed E-state index contributed by atoms with van der Waals surface area (Å²) < 4.78 is 11.3. The van der Waals surface area contributed by atoms with Gasteiger partial charge in [-0.15, -0.1) is 0 Å². The van der Waals surface area contributed by atoms with E-state index in [2.05, 4.69) is 58.7 Å². The lowest BCUT2D eigenvalue weighted by Crippen LogP contribution is -2.19. The normalized spacial score (nSPS) is 15.1. The average Bonchev–Trinajstić information content (AvgIpc) is 2.84. The fourth-order valence-electron chi connectivity index (χ4n) is 4.62. The summed E-state index contributed by atoms with van der Waals surface area (Å²) in [4.78, 5) is 2.11. The predicted molar refractivity (Wildman–Crippen MR) is 139 cm³/mol. The summed E-state index contributed by atoms with van der Waals surface area (Å²) in [6, 6.07) is 20.6. The van der Waals surface area contributed by atoms with Crippen LogP contribution in [-0.2, 0) is 19.3 Å². The minimum absolute atomic E-state index is 0.358. The van der Waals surface area contributed by atoms with Crippen LogP contribution in [0.2, 0.25) is 0 Å². The van der Waals surface area contributed by atoms with Gasteiger partial charge in [0, 0.05) is 24.8 Å². The van der Waals surface area contributed by atoms with Crippen molar-refractivity contribution in [3.63, 3.8) is 0 Å². The van der Waals surface area contributed by atoms with Crippen LogP contribution >= 0.6 is 0 Å². The van der Waals surface area contributed by atoms with Crippen molar-refractivity contribution in [1.29, 1.82) is 0 Å². The maximum Gasteiger partial charge on any atom is 0.120 e. The summed E-state index contributed by atoms with van der Waals surface area (Å²) in [5.41, 5.74) is 6.37. The Balaban J connectivity index is 1.39. The zero-order valence-electron chi connectivity index (χ0n) is 20.5. The third kappa shape index (κ3) is 6.23. The van der Waals surface area contributed by atoms with Gasteiger partial charge in [0.15, 0.2) is 0 Å². The lowest BCUT2D eigenvalue weighted by atomic mass is 9.79. The molecule has 0 spiro atoms. The molecule has 4 rings (SSSR count). The molecule has 0 aromatic heterocycles. The molecule has 0 amide bonds. The van der Waals surface area contributed by atoms with Crippen molar-refractivity contribution in [2.24, 2.45) is 0 Å². The number of likely N-dealkylation sites (N-methyl/N-ethyl adjacent to an activating group) is 1. The number of nitrogens with one attached hydrogen (secondary N) is 1. The highest BCUT2D eigenvalue weighted by Gasteiger charge is 2.23. The van der Waals surface area contributed by atoms with Crippen LogP contribution in [0.15, 0.2) is 60.7 Å². The van der Waals surface area contributed by atoms with E-state index in [4.69, 9.17) is 9.47 Å². The van der Waals surface area contributed by atoms with Gasteiger partial charge >= 0.3 is 0 Å². The SMILES string of the molecule is COc1ccc(C2CCc3cc(O)ccc3C2)c(NCCc2ccc(OCCN(C)C)cc2)c1. The first-order chi connectivity index (χ1) is 16.5. The van der Waals surface area contributed by atoms with Crippen molar-refractivity contribution >= 4 is 5.69 Å². The largest absolute Gasteiger partial charge is 0.508 e. The van der Waals surface area contributed by atoms with E-state index >= 15 is 0 Å². The van der Waals surface area contributed by atoms with Gasteiger partial charge < -0.3 is 24.8 Å². The second-order valence-electron chi connectivity index (χ2n) is 9.32. The van der Waals surface area contributed by atoms with Crippen LogP contribution < -0.4 is 14.8 Å². The third-order valence-electron chi connectivity index (χ3n) is 6.58. The zero-order chi connectivity index (χ0) is 23.9. The number of nitrogens with zero attached hydrogens (tertiary/aromatic N) is 1. The van der Waals surface area contributed by atoms with Crippen LogP contribution in [0, 0.1) is 0 Å². The van der Waals surface area contributed by atoms with E-state index in [-0.39, 0.29) is 0 Å². The number of phenolic OH excluding ortho intramolecular Hbond substituents is 1. The number of hydrogen-bond acceptors (Lipinski definition) is 5. The van der Waals surface area contributed by atoms with E-state index in [0.717, 1.165) is 56.0 Å². The van der Waals surface area contributed by atoms with Gasteiger partial charge in [-0.05, 0) is 98.3 Å². The van der Waals surface area contributed by atoms with Gasteiger partial charge in [-0.3, -0.25) is 0 Å². The topological polar surface area (TPSA) is 54.0 Å². The van der Waals surface area contributed by atoms with Crippen molar-refractivity contribution < 1.29 is 14.6 Å². The van der Waals surface area contributed by atoms with Crippen LogP contribution in [0.25, 0.3) is 0 Å². The first-order valence-corrected chi connectivity index (χ1v) is 12.1. The van der Waals surface area contributed by atoms with Gasteiger partial charge in [0.2, 0.25) is 0 Å². The molecular weight excluding hydrogens is 424 g/mol. The Morgan fingerprint density at radius 2 is 1.76 bits per heavy atom. The molecule has 1 aliphatic carbocycles. The summed E-state index contributed by atoms with van der Waals surface area (Å²) in [6.07, 6.45) is 3.99. The fourth-order valence-corrected chi connectivity index (χ4v) is 4.62. The molecule has 3 aromatic rings. The van der Waals surface area contributed by atoms with Crippen molar-refractivity contribution in [1.82, 2.24) is 4.90 Å². The minimum Gasteiger partial charge on any atom is -0.508 e. The Morgan fingerprint density at radius 3 is 2.53 bits per heavy atom. The molecule has 0 saturated carbocycles. The van der Waals surface area contributed by atoms with Crippen LogP contribution in [0.3, 0.4) is 0 Å². The molecule has 0 fully saturated rings. The first kappa shape index (κ1) is 24.0. The van der Waals surface area contributed by atoms with Crippen molar-refractivity contribution in [2.75, 3.05) is 46.2 Å². The molecule has 1 aliphatic rings. The molecule has 34 heavy (non-hydrogen) atoms. The molecule has 1 atom stereocenters. The molecule has 0 heterocycles. The minimum atomic E-state index is 0.358. The second kappa shape index (κ2) is 11.3. The molecule has 180 valence electrons. The smallest absolute Gasteiger partial charge is 0.120 e. The molecule has 3 aromatic carbocycles. The Labute approximate surface area is 203 Å². The quantitative estimate of drug-likeness (QED) is 0.432. The van der Waals surface area contributed by atoms with E-state index in [1.165, 1.54) is 22.3 Å². The summed E-state index contributed by atoms with van der Waals surface area (Å²) in [6.45, 7) is 2.45. The molecule has 0 saturated heterocycles.